The second-order valence-corrected chi connectivity index (χ2v) is 8.87. The van der Waals surface area contributed by atoms with Crippen LogP contribution in [0.3, 0.4) is 0 Å². The van der Waals surface area contributed by atoms with Crippen LogP contribution in [0.15, 0.2) is 52.2 Å². The van der Waals surface area contributed by atoms with Crippen LogP contribution in [0.5, 0.6) is 5.75 Å². The first-order chi connectivity index (χ1) is 16.5. The molecule has 9 nitrogen and oxygen atoms in total. The van der Waals surface area contributed by atoms with Gasteiger partial charge in [-0.25, -0.2) is 13.1 Å². The molecule has 35 heavy (non-hydrogen) atoms. The van der Waals surface area contributed by atoms with Gasteiger partial charge in [0.25, 0.3) is 21.5 Å². The maximum atomic E-state index is 13.8. The third-order valence-electron chi connectivity index (χ3n) is 5.00. The first kappa shape index (κ1) is 23.8. The first-order valence-electron chi connectivity index (χ1n) is 9.77. The fraction of sp³-hybridized carbons (Fsp3) is 0.136. The molecular weight excluding hydrogens is 489 g/mol. The molecule has 0 aliphatic heterocycles. The Bertz CT molecular complexity index is 1610. The van der Waals surface area contributed by atoms with Gasteiger partial charge in [0.1, 0.15) is 21.9 Å². The summed E-state index contributed by atoms with van der Waals surface area (Å²) in [4.78, 5) is 28.1. The number of nitrogens with zero attached hydrogens (tertiary/aromatic N) is 2. The summed E-state index contributed by atoms with van der Waals surface area (Å²) >= 11 is 0. The minimum Gasteiger partial charge on any atom is -0.495 e. The minimum atomic E-state index is -4.92. The highest BCUT2D eigenvalue weighted by Gasteiger charge is 2.39. The lowest BCUT2D eigenvalue weighted by Gasteiger charge is -2.11. The van der Waals surface area contributed by atoms with E-state index in [2.05, 4.69) is 22.2 Å². The minimum absolute atomic E-state index is 0.133. The van der Waals surface area contributed by atoms with Crippen LogP contribution < -0.4 is 15.0 Å². The van der Waals surface area contributed by atoms with Crippen LogP contribution in [-0.2, 0) is 16.2 Å². The number of rotatable bonds is 5. The van der Waals surface area contributed by atoms with E-state index in [4.69, 9.17) is 4.74 Å². The van der Waals surface area contributed by atoms with Crippen LogP contribution in [0.25, 0.3) is 16.8 Å². The fourth-order valence-electron chi connectivity index (χ4n) is 3.49. The Labute approximate surface area is 196 Å². The largest absolute Gasteiger partial charge is 0.495 e. The molecule has 0 fully saturated rings. The number of amides is 1. The fourth-order valence-corrected chi connectivity index (χ4v) is 4.56. The molecule has 2 aromatic carbocycles. The number of ether oxygens (including phenoxy) is 1. The standard InChI is InChI=1S/C22H15F3N4O5S/c1-12-16(20(30)28-35(32,33)15-11-7-6-10-14(15)34-2)21(31)29-19(26-12)17(13-8-4-3-5-9-13)18(27-29)22(23,24)25/h3-5,8-11,26H,1-2H3,(H,28,30). The SMILES string of the molecule is COc1cc#ccc1S(=O)(=O)NC(=O)c1c(C)[nH]c2c(-c3ccccc3)c(C(F)(F)F)nn2c1=O. The molecule has 4 aromatic rings. The van der Waals surface area contributed by atoms with Gasteiger partial charge in [0.05, 0.1) is 12.7 Å². The van der Waals surface area contributed by atoms with Crippen LogP contribution in [0, 0.1) is 19.1 Å². The van der Waals surface area contributed by atoms with Gasteiger partial charge >= 0.3 is 6.18 Å². The Morgan fingerprint density at radius 3 is 2.46 bits per heavy atom. The summed E-state index contributed by atoms with van der Waals surface area (Å²) < 4.78 is 73.9. The molecular formula is C22H15F3N4O5S. The third-order valence-corrected chi connectivity index (χ3v) is 6.35. The molecule has 0 atom stereocenters. The molecule has 4 rings (SSSR count). The van der Waals surface area contributed by atoms with Crippen molar-refractivity contribution in [2.75, 3.05) is 7.11 Å². The summed E-state index contributed by atoms with van der Waals surface area (Å²) in [6.45, 7) is 1.25. The maximum Gasteiger partial charge on any atom is 0.435 e. The highest BCUT2D eigenvalue weighted by atomic mass is 32.2. The molecule has 0 saturated heterocycles. The third kappa shape index (κ3) is 4.19. The van der Waals surface area contributed by atoms with E-state index in [1.54, 1.807) is 10.8 Å². The number of halogens is 3. The monoisotopic (exact) mass is 504 g/mol. The Hall–Kier alpha value is -4.31. The number of hydrogen-bond acceptors (Lipinski definition) is 6. The van der Waals surface area contributed by atoms with Crippen molar-refractivity contribution in [2.24, 2.45) is 0 Å². The van der Waals surface area contributed by atoms with Crippen molar-refractivity contribution >= 4 is 21.6 Å². The molecule has 0 saturated carbocycles. The maximum absolute atomic E-state index is 13.8. The molecule has 13 heteroatoms. The molecule has 2 N–H and O–H groups in total. The number of aryl methyl sites for hydroxylation is 1. The number of aromatic nitrogens is 3. The number of aromatic amines is 1. The van der Waals surface area contributed by atoms with Gasteiger partial charge in [0, 0.05) is 17.8 Å². The van der Waals surface area contributed by atoms with E-state index in [0.29, 0.717) is 4.52 Å². The smallest absolute Gasteiger partial charge is 0.435 e. The van der Waals surface area contributed by atoms with Crippen molar-refractivity contribution < 1.29 is 31.1 Å². The molecule has 180 valence electrons. The van der Waals surface area contributed by atoms with Gasteiger partial charge in [-0.05, 0) is 12.5 Å². The second-order valence-electron chi connectivity index (χ2n) is 7.22. The quantitative estimate of drug-likeness (QED) is 0.431. The van der Waals surface area contributed by atoms with E-state index in [1.807, 2.05) is 0 Å². The number of carbonyl (C=O) groups excluding carboxylic acids is 1. The van der Waals surface area contributed by atoms with Crippen molar-refractivity contribution in [1.82, 2.24) is 19.3 Å². The number of alkyl halides is 3. The van der Waals surface area contributed by atoms with E-state index < -0.39 is 49.4 Å². The zero-order valence-corrected chi connectivity index (χ0v) is 18.8. The highest BCUT2D eigenvalue weighted by molar-refractivity contribution is 7.90. The van der Waals surface area contributed by atoms with E-state index in [1.165, 1.54) is 44.4 Å². The number of fused-ring (bicyclic) bond motifs is 1. The topological polar surface area (TPSA) is 123 Å². The first-order valence-corrected chi connectivity index (χ1v) is 11.2. The summed E-state index contributed by atoms with van der Waals surface area (Å²) in [5.74, 6) is -1.51. The molecule has 0 spiro atoms. The van der Waals surface area contributed by atoms with Crippen LogP contribution in [0.2, 0.25) is 0 Å². The van der Waals surface area contributed by atoms with Gasteiger partial charge in [-0.2, -0.15) is 22.8 Å². The Morgan fingerprint density at radius 2 is 1.83 bits per heavy atom. The van der Waals surface area contributed by atoms with Crippen LogP contribution in [-0.4, -0.2) is 36.0 Å². The lowest BCUT2D eigenvalue weighted by atomic mass is 10.1. The molecule has 2 heterocycles. The molecule has 1 amide bonds. The van der Waals surface area contributed by atoms with Crippen molar-refractivity contribution in [3.8, 4) is 16.9 Å². The Kier molecular flexibility index (Phi) is 5.77. The van der Waals surface area contributed by atoms with E-state index in [0.717, 1.165) is 6.07 Å². The lowest BCUT2D eigenvalue weighted by molar-refractivity contribution is -0.140. The van der Waals surface area contributed by atoms with E-state index in [9.17, 15) is 31.2 Å². The molecule has 0 unspecified atom stereocenters. The zero-order chi connectivity index (χ0) is 25.5. The normalized spacial score (nSPS) is 11.8. The van der Waals surface area contributed by atoms with E-state index >= 15 is 0 Å². The average molecular weight is 504 g/mol. The van der Waals surface area contributed by atoms with Gasteiger partial charge in [0.2, 0.25) is 0 Å². The van der Waals surface area contributed by atoms with E-state index in [-0.39, 0.29) is 22.7 Å². The van der Waals surface area contributed by atoms with Crippen LogP contribution in [0.4, 0.5) is 13.2 Å². The van der Waals surface area contributed by atoms with Crippen LogP contribution in [0.1, 0.15) is 21.7 Å². The Balaban J connectivity index is 1.88. The number of carbonyl (C=O) groups is 1. The van der Waals surface area contributed by atoms with Crippen molar-refractivity contribution in [3.05, 3.63) is 81.9 Å². The van der Waals surface area contributed by atoms with Crippen molar-refractivity contribution in [3.63, 3.8) is 0 Å². The van der Waals surface area contributed by atoms with Gasteiger partial charge < -0.3 is 9.72 Å². The second kappa shape index (κ2) is 8.48. The number of nitrogens with one attached hydrogen (secondary N) is 2. The summed E-state index contributed by atoms with van der Waals surface area (Å²) in [7, 11) is -3.34. The number of methoxy groups -OCH3 is 1. The van der Waals surface area contributed by atoms with Crippen LogP contribution >= 0.6 is 0 Å². The predicted octanol–water partition coefficient (Wildman–Crippen LogP) is 2.74. The molecule has 2 aromatic heterocycles. The molecule has 0 aliphatic rings. The van der Waals surface area contributed by atoms with Gasteiger partial charge in [-0.1, -0.05) is 42.5 Å². The lowest BCUT2D eigenvalue weighted by Crippen LogP contribution is -2.37. The molecule has 0 aliphatic carbocycles. The number of hydrogen-bond donors (Lipinski definition) is 2. The summed E-state index contributed by atoms with van der Waals surface area (Å²) in [5, 5.41) is 3.42. The van der Waals surface area contributed by atoms with Gasteiger partial charge in [0.15, 0.2) is 5.69 Å². The number of sulfonamides is 1. The molecule has 0 radical (unpaired) electrons. The summed E-state index contributed by atoms with van der Waals surface area (Å²) in [6.07, 6.45) is -4.92. The summed E-state index contributed by atoms with van der Waals surface area (Å²) in [5.41, 5.74) is -4.05. The number of benzene rings is 1. The number of H-pyrrole nitrogens is 1. The van der Waals surface area contributed by atoms with Crippen molar-refractivity contribution in [1.29, 1.82) is 0 Å². The predicted molar refractivity (Wildman–Crippen MR) is 116 cm³/mol. The van der Waals surface area contributed by atoms with Gasteiger partial charge in [-0.15, -0.1) is 0 Å². The highest BCUT2D eigenvalue weighted by Crippen LogP contribution is 2.38. The van der Waals surface area contributed by atoms with Crippen molar-refractivity contribution in [2.45, 2.75) is 18.0 Å². The van der Waals surface area contributed by atoms with Gasteiger partial charge in [-0.3, -0.25) is 9.59 Å². The average Bonchev–Trinajstić information content (AvgIpc) is 3.19. The zero-order valence-electron chi connectivity index (χ0n) is 18.0. The molecule has 0 bridgehead atoms. The summed E-state index contributed by atoms with van der Waals surface area (Å²) in [6, 6.07) is 14.6. The Morgan fingerprint density at radius 1 is 1.17 bits per heavy atom.